The highest BCUT2D eigenvalue weighted by atomic mass is 19.4. The monoisotopic (exact) mass is 447 g/mol. The van der Waals surface area contributed by atoms with E-state index in [1.54, 1.807) is 0 Å². The lowest BCUT2D eigenvalue weighted by molar-refractivity contribution is -0.138. The second-order valence-electron chi connectivity index (χ2n) is 8.78. The minimum Gasteiger partial charge on any atom is -0.378 e. The van der Waals surface area contributed by atoms with Gasteiger partial charge in [-0.1, -0.05) is 30.3 Å². The number of anilines is 1. The Balaban J connectivity index is 1.62. The van der Waals surface area contributed by atoms with E-state index < -0.39 is 17.8 Å². The summed E-state index contributed by atoms with van der Waals surface area (Å²) >= 11 is 0. The van der Waals surface area contributed by atoms with Crippen LogP contribution in [0.2, 0.25) is 0 Å². The zero-order valence-electron chi connectivity index (χ0n) is 18.2. The summed E-state index contributed by atoms with van der Waals surface area (Å²) in [6, 6.07) is 13.4. The zero-order valence-corrected chi connectivity index (χ0v) is 18.2. The van der Waals surface area contributed by atoms with E-state index in [0.717, 1.165) is 18.2 Å². The molecule has 0 aliphatic carbocycles. The lowest BCUT2D eigenvalue weighted by Gasteiger charge is -2.45. The minimum absolute atomic E-state index is 0.0769. The molecule has 0 saturated carbocycles. The number of hydrogen-bond acceptors (Lipinski definition) is 4. The molecule has 5 nitrogen and oxygen atoms in total. The summed E-state index contributed by atoms with van der Waals surface area (Å²) in [4.78, 5) is 14.7. The molecule has 32 heavy (non-hydrogen) atoms. The number of nitrogens with zero attached hydrogens (tertiary/aromatic N) is 1. The number of likely N-dealkylation sites (N-methyl/N-ethyl adjacent to an activating group) is 1. The molecular formula is C24H28F3N3O2. The highest BCUT2D eigenvalue weighted by molar-refractivity contribution is 5.79. The number of hydrogen-bond donors (Lipinski definition) is 2. The zero-order chi connectivity index (χ0) is 22.9. The summed E-state index contributed by atoms with van der Waals surface area (Å²) in [5.74, 6) is -0.600. The fourth-order valence-corrected chi connectivity index (χ4v) is 4.60. The highest BCUT2D eigenvalue weighted by Crippen LogP contribution is 2.51. The van der Waals surface area contributed by atoms with Crippen molar-refractivity contribution in [1.29, 1.82) is 0 Å². The second-order valence-corrected chi connectivity index (χ2v) is 8.78. The number of carbonyl (C=O) groups is 1. The fraction of sp³-hybridized carbons (Fsp3) is 0.458. The van der Waals surface area contributed by atoms with Crippen molar-refractivity contribution >= 4 is 11.6 Å². The van der Waals surface area contributed by atoms with Crippen molar-refractivity contribution in [3.63, 3.8) is 0 Å². The van der Waals surface area contributed by atoms with E-state index in [1.165, 1.54) is 12.1 Å². The number of benzene rings is 2. The van der Waals surface area contributed by atoms with Crippen molar-refractivity contribution in [3.8, 4) is 0 Å². The van der Waals surface area contributed by atoms with Crippen LogP contribution in [0.4, 0.5) is 18.9 Å². The van der Waals surface area contributed by atoms with Crippen molar-refractivity contribution in [1.82, 2.24) is 10.2 Å². The third-order valence-corrected chi connectivity index (χ3v) is 6.23. The van der Waals surface area contributed by atoms with E-state index in [4.69, 9.17) is 4.74 Å². The van der Waals surface area contributed by atoms with Crippen LogP contribution in [0.25, 0.3) is 0 Å². The van der Waals surface area contributed by atoms with Crippen LogP contribution in [0.1, 0.15) is 35.3 Å². The SMILES string of the molecule is CN(C)CCNC(=O)C1COC2c3cc(C(F)(F)F)ccc3NC(c3ccccc3)C2C1. The molecule has 4 rings (SSSR count). The van der Waals surface area contributed by atoms with Gasteiger partial charge in [-0.15, -0.1) is 0 Å². The number of rotatable bonds is 5. The van der Waals surface area contributed by atoms with Crippen LogP contribution in [0.15, 0.2) is 48.5 Å². The first-order valence-corrected chi connectivity index (χ1v) is 10.8. The maximum absolute atomic E-state index is 13.3. The van der Waals surface area contributed by atoms with Crippen molar-refractivity contribution in [2.45, 2.75) is 24.7 Å². The maximum atomic E-state index is 13.3. The van der Waals surface area contributed by atoms with Gasteiger partial charge in [0.25, 0.3) is 0 Å². The summed E-state index contributed by atoms with van der Waals surface area (Å²) in [6.07, 6.45) is -4.41. The molecule has 4 atom stereocenters. The van der Waals surface area contributed by atoms with Crippen LogP contribution in [0.5, 0.6) is 0 Å². The molecule has 2 heterocycles. The van der Waals surface area contributed by atoms with Gasteiger partial charge in [0.1, 0.15) is 0 Å². The largest absolute Gasteiger partial charge is 0.416 e. The molecule has 2 aliphatic heterocycles. The lowest BCUT2D eigenvalue weighted by atomic mass is 9.74. The molecule has 0 spiro atoms. The summed E-state index contributed by atoms with van der Waals surface area (Å²) in [7, 11) is 3.87. The third-order valence-electron chi connectivity index (χ3n) is 6.23. The van der Waals surface area contributed by atoms with Gasteiger partial charge in [-0.25, -0.2) is 0 Å². The van der Waals surface area contributed by atoms with Crippen molar-refractivity contribution < 1.29 is 22.7 Å². The Labute approximate surface area is 185 Å². The van der Waals surface area contributed by atoms with Gasteiger partial charge in [0.05, 0.1) is 30.2 Å². The molecule has 1 amide bonds. The van der Waals surface area contributed by atoms with Gasteiger partial charge in [-0.3, -0.25) is 4.79 Å². The molecule has 1 saturated heterocycles. The maximum Gasteiger partial charge on any atom is 0.416 e. The minimum atomic E-state index is -4.43. The van der Waals surface area contributed by atoms with Crippen LogP contribution >= 0.6 is 0 Å². The molecule has 2 N–H and O–H groups in total. The van der Waals surface area contributed by atoms with E-state index in [9.17, 15) is 18.0 Å². The van der Waals surface area contributed by atoms with Crippen molar-refractivity contribution in [2.24, 2.45) is 11.8 Å². The number of carbonyl (C=O) groups excluding carboxylic acids is 1. The molecular weight excluding hydrogens is 419 g/mol. The second kappa shape index (κ2) is 9.11. The van der Waals surface area contributed by atoms with Gasteiger partial charge in [-0.2, -0.15) is 13.2 Å². The number of halogens is 3. The fourth-order valence-electron chi connectivity index (χ4n) is 4.60. The molecule has 2 aromatic carbocycles. The average Bonchev–Trinajstić information content (AvgIpc) is 2.77. The van der Waals surface area contributed by atoms with Gasteiger partial charge in [0.2, 0.25) is 5.91 Å². The number of nitrogens with one attached hydrogen (secondary N) is 2. The Bertz CT molecular complexity index is 949. The van der Waals surface area contributed by atoms with Gasteiger partial charge in [0.15, 0.2) is 0 Å². The Morgan fingerprint density at radius 1 is 1.19 bits per heavy atom. The van der Waals surface area contributed by atoms with Crippen LogP contribution < -0.4 is 10.6 Å². The molecule has 0 aromatic heterocycles. The van der Waals surface area contributed by atoms with Crippen LogP contribution in [0, 0.1) is 11.8 Å². The highest BCUT2D eigenvalue weighted by Gasteiger charge is 2.45. The molecule has 172 valence electrons. The summed E-state index contributed by atoms with van der Waals surface area (Å²) < 4.78 is 46.2. The van der Waals surface area contributed by atoms with E-state index in [2.05, 4.69) is 10.6 Å². The summed E-state index contributed by atoms with van der Waals surface area (Å²) in [6.45, 7) is 1.45. The van der Waals surface area contributed by atoms with Crippen LogP contribution in [-0.2, 0) is 15.7 Å². The normalized spacial score (nSPS) is 24.9. The molecule has 0 radical (unpaired) electrons. The van der Waals surface area contributed by atoms with Crippen molar-refractivity contribution in [3.05, 3.63) is 65.2 Å². The molecule has 2 aromatic rings. The van der Waals surface area contributed by atoms with E-state index in [1.807, 2.05) is 49.3 Å². The molecule has 8 heteroatoms. The van der Waals surface area contributed by atoms with Gasteiger partial charge in [-0.05, 0) is 44.3 Å². The summed E-state index contributed by atoms with van der Waals surface area (Å²) in [5.41, 5.74) is 1.47. The standard InChI is InChI=1S/C24H28F3N3O2/c1-30(2)11-10-28-23(31)16-12-19-21(15-6-4-3-5-7-15)29-20-9-8-17(24(25,26)27)13-18(20)22(19)32-14-16/h3-9,13,16,19,21-22,29H,10-12,14H2,1-2H3,(H,28,31). The number of amides is 1. The predicted molar refractivity (Wildman–Crippen MR) is 116 cm³/mol. The Morgan fingerprint density at radius 3 is 2.62 bits per heavy atom. The lowest BCUT2D eigenvalue weighted by Crippen LogP contribution is -2.45. The number of alkyl halides is 3. The molecule has 4 unspecified atom stereocenters. The van der Waals surface area contributed by atoms with E-state index in [0.29, 0.717) is 24.2 Å². The summed E-state index contributed by atoms with van der Waals surface area (Å²) in [5, 5.41) is 6.38. The smallest absolute Gasteiger partial charge is 0.378 e. The van der Waals surface area contributed by atoms with E-state index >= 15 is 0 Å². The number of ether oxygens (including phenoxy) is 1. The Hall–Kier alpha value is -2.58. The van der Waals surface area contributed by atoms with Gasteiger partial charge < -0.3 is 20.3 Å². The van der Waals surface area contributed by atoms with E-state index in [-0.39, 0.29) is 30.4 Å². The van der Waals surface area contributed by atoms with Crippen molar-refractivity contribution in [2.75, 3.05) is 39.1 Å². The Morgan fingerprint density at radius 2 is 1.94 bits per heavy atom. The predicted octanol–water partition coefficient (Wildman–Crippen LogP) is 4.24. The number of fused-ring (bicyclic) bond motifs is 3. The quantitative estimate of drug-likeness (QED) is 0.720. The first-order chi connectivity index (χ1) is 15.2. The third kappa shape index (κ3) is 4.76. The Kier molecular flexibility index (Phi) is 6.44. The average molecular weight is 448 g/mol. The molecule has 1 fully saturated rings. The first kappa shape index (κ1) is 22.6. The topological polar surface area (TPSA) is 53.6 Å². The van der Waals surface area contributed by atoms with Gasteiger partial charge >= 0.3 is 6.18 Å². The van der Waals surface area contributed by atoms with Crippen LogP contribution in [0.3, 0.4) is 0 Å². The molecule has 2 aliphatic rings. The first-order valence-electron chi connectivity index (χ1n) is 10.8. The van der Waals surface area contributed by atoms with Crippen LogP contribution in [-0.4, -0.2) is 44.6 Å². The van der Waals surface area contributed by atoms with Gasteiger partial charge in [0, 0.05) is 30.3 Å². The molecule has 0 bridgehead atoms.